The molecule has 88 valence electrons. The highest BCUT2D eigenvalue weighted by atomic mass is 32.1. The maximum atomic E-state index is 11.5. The first-order valence-electron chi connectivity index (χ1n) is 5.23. The van der Waals surface area contributed by atoms with Gasteiger partial charge in [-0.1, -0.05) is 11.3 Å². The molecule has 1 aromatic rings. The van der Waals surface area contributed by atoms with Gasteiger partial charge in [-0.2, -0.15) is 0 Å². The Labute approximate surface area is 98.1 Å². The number of rotatable bonds is 3. The van der Waals surface area contributed by atoms with Crippen LogP contribution in [0.1, 0.15) is 23.5 Å². The van der Waals surface area contributed by atoms with Crippen molar-refractivity contribution in [2.75, 3.05) is 24.5 Å². The topological polar surface area (TPSA) is 65.5 Å². The standard InChI is InChI=1S/C10H15N3O2S/c1-3-11-8(14)7-4-12-9(16-7)13-5-10(2,15)6-13/h4,15H,3,5-6H2,1-2H3,(H,11,14). The van der Waals surface area contributed by atoms with E-state index in [0.29, 0.717) is 24.5 Å². The summed E-state index contributed by atoms with van der Waals surface area (Å²) in [5.74, 6) is -0.0847. The molecule has 0 bridgehead atoms. The largest absolute Gasteiger partial charge is 0.386 e. The van der Waals surface area contributed by atoms with Crippen LogP contribution in [0.5, 0.6) is 0 Å². The summed E-state index contributed by atoms with van der Waals surface area (Å²) in [5, 5.41) is 13.1. The van der Waals surface area contributed by atoms with Crippen LogP contribution in [0.3, 0.4) is 0 Å². The fourth-order valence-electron chi connectivity index (χ4n) is 1.68. The first-order valence-corrected chi connectivity index (χ1v) is 6.05. The van der Waals surface area contributed by atoms with Crippen LogP contribution in [0.15, 0.2) is 6.20 Å². The van der Waals surface area contributed by atoms with E-state index in [2.05, 4.69) is 10.3 Å². The van der Waals surface area contributed by atoms with Crippen LogP contribution in [0.4, 0.5) is 5.13 Å². The van der Waals surface area contributed by atoms with Crippen molar-refractivity contribution in [3.8, 4) is 0 Å². The van der Waals surface area contributed by atoms with Crippen molar-refractivity contribution >= 4 is 22.4 Å². The van der Waals surface area contributed by atoms with E-state index in [1.54, 1.807) is 13.1 Å². The lowest BCUT2D eigenvalue weighted by Gasteiger charge is -2.44. The number of nitrogens with one attached hydrogen (secondary N) is 1. The van der Waals surface area contributed by atoms with E-state index in [0.717, 1.165) is 5.13 Å². The minimum Gasteiger partial charge on any atom is -0.386 e. The first kappa shape index (κ1) is 11.3. The predicted molar refractivity (Wildman–Crippen MR) is 63.0 cm³/mol. The molecule has 1 aromatic heterocycles. The number of anilines is 1. The van der Waals surface area contributed by atoms with Gasteiger partial charge in [0, 0.05) is 6.54 Å². The fourth-order valence-corrected chi connectivity index (χ4v) is 2.51. The smallest absolute Gasteiger partial charge is 0.263 e. The number of thiazole rings is 1. The number of aliphatic hydroxyl groups is 1. The zero-order valence-corrected chi connectivity index (χ0v) is 10.2. The van der Waals surface area contributed by atoms with Gasteiger partial charge in [0.05, 0.1) is 24.9 Å². The van der Waals surface area contributed by atoms with Crippen molar-refractivity contribution in [3.63, 3.8) is 0 Å². The van der Waals surface area contributed by atoms with Crippen molar-refractivity contribution < 1.29 is 9.90 Å². The lowest BCUT2D eigenvalue weighted by molar-refractivity contribution is 0.0310. The average Bonchev–Trinajstić information content (AvgIpc) is 2.62. The molecule has 0 saturated carbocycles. The molecular weight excluding hydrogens is 226 g/mol. The van der Waals surface area contributed by atoms with Gasteiger partial charge in [-0.3, -0.25) is 4.79 Å². The minimum atomic E-state index is -0.614. The summed E-state index contributed by atoms with van der Waals surface area (Å²) >= 11 is 1.36. The van der Waals surface area contributed by atoms with Crippen molar-refractivity contribution in [1.29, 1.82) is 0 Å². The molecule has 0 aromatic carbocycles. The molecule has 0 aliphatic carbocycles. The molecule has 1 amide bonds. The number of carbonyl (C=O) groups is 1. The van der Waals surface area contributed by atoms with E-state index in [4.69, 9.17) is 0 Å². The maximum absolute atomic E-state index is 11.5. The third-order valence-corrected chi connectivity index (χ3v) is 3.45. The van der Waals surface area contributed by atoms with Crippen LogP contribution in [0, 0.1) is 0 Å². The van der Waals surface area contributed by atoms with Gasteiger partial charge in [-0.25, -0.2) is 4.98 Å². The lowest BCUT2D eigenvalue weighted by atomic mass is 9.98. The van der Waals surface area contributed by atoms with Gasteiger partial charge in [-0.15, -0.1) is 0 Å². The fraction of sp³-hybridized carbons (Fsp3) is 0.600. The first-order chi connectivity index (χ1) is 7.52. The Kier molecular flexibility index (Phi) is 2.86. The number of amides is 1. The third-order valence-electron chi connectivity index (χ3n) is 2.39. The Morgan fingerprint density at radius 2 is 2.44 bits per heavy atom. The number of hydrogen-bond donors (Lipinski definition) is 2. The molecule has 0 spiro atoms. The van der Waals surface area contributed by atoms with Crippen LogP contribution >= 0.6 is 11.3 Å². The van der Waals surface area contributed by atoms with Crippen molar-refractivity contribution in [2.24, 2.45) is 0 Å². The maximum Gasteiger partial charge on any atom is 0.263 e. The van der Waals surface area contributed by atoms with E-state index < -0.39 is 5.60 Å². The zero-order chi connectivity index (χ0) is 11.8. The van der Waals surface area contributed by atoms with E-state index in [9.17, 15) is 9.90 Å². The highest BCUT2D eigenvalue weighted by Crippen LogP contribution is 2.30. The molecule has 2 N–H and O–H groups in total. The van der Waals surface area contributed by atoms with Crippen LogP contribution in [0.2, 0.25) is 0 Å². The summed E-state index contributed by atoms with van der Waals surface area (Å²) in [5.41, 5.74) is -0.614. The Morgan fingerprint density at radius 3 is 3.00 bits per heavy atom. The van der Waals surface area contributed by atoms with Crippen LogP contribution in [-0.4, -0.2) is 41.2 Å². The number of hydrogen-bond acceptors (Lipinski definition) is 5. The van der Waals surface area contributed by atoms with Crippen LogP contribution in [-0.2, 0) is 0 Å². The molecule has 16 heavy (non-hydrogen) atoms. The summed E-state index contributed by atoms with van der Waals surface area (Å²) in [6.45, 7) is 5.45. The SMILES string of the molecule is CCNC(=O)c1cnc(N2CC(C)(O)C2)s1. The molecule has 1 aliphatic heterocycles. The van der Waals surface area contributed by atoms with E-state index >= 15 is 0 Å². The van der Waals surface area contributed by atoms with Gasteiger partial charge in [0.2, 0.25) is 0 Å². The number of β-amino-alcohol motifs (C(OH)–C–C–N with tert-alkyl or cyclic N) is 1. The Bertz CT molecular complexity index is 395. The van der Waals surface area contributed by atoms with E-state index in [1.165, 1.54) is 11.3 Å². The summed E-state index contributed by atoms with van der Waals surface area (Å²) in [4.78, 5) is 18.3. The zero-order valence-electron chi connectivity index (χ0n) is 9.36. The molecule has 2 rings (SSSR count). The van der Waals surface area contributed by atoms with Crippen LogP contribution in [0.25, 0.3) is 0 Å². The van der Waals surface area contributed by atoms with Crippen LogP contribution < -0.4 is 10.2 Å². The van der Waals surface area contributed by atoms with Gasteiger partial charge in [0.15, 0.2) is 5.13 Å². The second kappa shape index (κ2) is 4.03. The van der Waals surface area contributed by atoms with Crippen molar-refractivity contribution in [1.82, 2.24) is 10.3 Å². The molecule has 6 heteroatoms. The molecule has 5 nitrogen and oxygen atoms in total. The highest BCUT2D eigenvalue weighted by molar-refractivity contribution is 7.17. The summed E-state index contributed by atoms with van der Waals surface area (Å²) in [7, 11) is 0. The minimum absolute atomic E-state index is 0.0847. The Morgan fingerprint density at radius 1 is 1.75 bits per heavy atom. The molecule has 1 aliphatic rings. The molecule has 0 radical (unpaired) electrons. The Hall–Kier alpha value is -1.14. The summed E-state index contributed by atoms with van der Waals surface area (Å²) in [6, 6.07) is 0. The Balaban J connectivity index is 2.01. The van der Waals surface area contributed by atoms with Crippen molar-refractivity contribution in [2.45, 2.75) is 19.4 Å². The second-order valence-electron chi connectivity index (χ2n) is 4.22. The van der Waals surface area contributed by atoms with Gasteiger partial charge in [0.1, 0.15) is 4.88 Å². The number of nitrogens with zero attached hydrogens (tertiary/aromatic N) is 2. The molecule has 2 heterocycles. The summed E-state index contributed by atoms with van der Waals surface area (Å²) in [6.07, 6.45) is 1.58. The van der Waals surface area contributed by atoms with Gasteiger partial charge >= 0.3 is 0 Å². The average molecular weight is 241 g/mol. The van der Waals surface area contributed by atoms with E-state index in [-0.39, 0.29) is 5.91 Å². The third kappa shape index (κ3) is 2.17. The predicted octanol–water partition coefficient (Wildman–Crippen LogP) is 0.464. The number of aromatic nitrogens is 1. The second-order valence-corrected chi connectivity index (χ2v) is 5.23. The number of carbonyl (C=O) groups excluding carboxylic acids is 1. The quantitative estimate of drug-likeness (QED) is 0.807. The lowest BCUT2D eigenvalue weighted by Crippen LogP contribution is -2.60. The van der Waals surface area contributed by atoms with Gasteiger partial charge in [-0.05, 0) is 13.8 Å². The monoisotopic (exact) mass is 241 g/mol. The highest BCUT2D eigenvalue weighted by Gasteiger charge is 2.38. The molecule has 0 unspecified atom stereocenters. The van der Waals surface area contributed by atoms with Gasteiger partial charge < -0.3 is 15.3 Å². The molecule has 1 saturated heterocycles. The summed E-state index contributed by atoms with van der Waals surface area (Å²) < 4.78 is 0. The van der Waals surface area contributed by atoms with E-state index in [1.807, 2.05) is 11.8 Å². The van der Waals surface area contributed by atoms with Gasteiger partial charge in [0.25, 0.3) is 5.91 Å². The normalized spacial score (nSPS) is 18.1. The molecule has 0 atom stereocenters. The molecule has 1 fully saturated rings. The molecular formula is C10H15N3O2S. The van der Waals surface area contributed by atoms with Crippen molar-refractivity contribution in [3.05, 3.63) is 11.1 Å².